The van der Waals surface area contributed by atoms with Crippen LogP contribution < -0.4 is 10.5 Å². The molecule has 18 heavy (non-hydrogen) atoms. The number of nitrogens with two attached hydrogens (primary N) is 1. The molecule has 0 amide bonds. The maximum absolute atomic E-state index is 13.9. The number of hydrogen-bond donors (Lipinski definition) is 1. The minimum Gasteiger partial charge on any atom is -0.494 e. The zero-order chi connectivity index (χ0) is 13.3. The Morgan fingerprint density at radius 3 is 2.50 bits per heavy atom. The van der Waals surface area contributed by atoms with Crippen molar-refractivity contribution in [1.29, 1.82) is 5.26 Å². The van der Waals surface area contributed by atoms with Crippen LogP contribution >= 0.6 is 0 Å². The van der Waals surface area contributed by atoms with E-state index in [1.165, 1.54) is 7.11 Å². The number of rotatable bonds is 3. The second kappa shape index (κ2) is 4.54. The summed E-state index contributed by atoms with van der Waals surface area (Å²) in [6.45, 7) is 0. The van der Waals surface area contributed by atoms with Crippen LogP contribution in [-0.2, 0) is 0 Å². The van der Waals surface area contributed by atoms with E-state index in [0.717, 1.165) is 18.6 Å². The summed E-state index contributed by atoms with van der Waals surface area (Å²) < 4.78 is 32.1. The fraction of sp³-hybridized carbons (Fsp3) is 0.462. The number of halogens is 2. The molecule has 1 aliphatic carbocycles. The molecule has 0 saturated heterocycles. The van der Waals surface area contributed by atoms with Crippen molar-refractivity contribution in [3.8, 4) is 11.8 Å². The molecule has 1 unspecified atom stereocenters. The molecule has 0 spiro atoms. The van der Waals surface area contributed by atoms with Crippen LogP contribution in [0.5, 0.6) is 5.75 Å². The van der Waals surface area contributed by atoms with Crippen LogP contribution in [-0.4, -0.2) is 7.11 Å². The maximum Gasteiger partial charge on any atom is 0.165 e. The first-order chi connectivity index (χ1) is 8.54. The number of nitriles is 1. The van der Waals surface area contributed by atoms with Crippen molar-refractivity contribution in [3.05, 3.63) is 29.3 Å². The predicted molar refractivity (Wildman–Crippen MR) is 61.7 cm³/mol. The molecular weight excluding hydrogens is 238 g/mol. The summed E-state index contributed by atoms with van der Waals surface area (Å²) in [5.74, 6) is -1.47. The average Bonchev–Trinajstić information content (AvgIpc) is 2.30. The summed E-state index contributed by atoms with van der Waals surface area (Å²) >= 11 is 0. The number of ether oxygens (including phenoxy) is 1. The molecule has 0 heterocycles. The third-order valence-corrected chi connectivity index (χ3v) is 3.67. The lowest BCUT2D eigenvalue weighted by Crippen LogP contribution is -2.39. The van der Waals surface area contributed by atoms with Crippen molar-refractivity contribution in [1.82, 2.24) is 0 Å². The molecule has 5 heteroatoms. The van der Waals surface area contributed by atoms with Crippen LogP contribution in [0.2, 0.25) is 0 Å². The van der Waals surface area contributed by atoms with Gasteiger partial charge in [0.1, 0.15) is 5.82 Å². The molecule has 1 aromatic carbocycles. The smallest absolute Gasteiger partial charge is 0.165 e. The molecule has 3 nitrogen and oxygen atoms in total. The minimum absolute atomic E-state index is 0.0366. The first kappa shape index (κ1) is 12.8. The van der Waals surface area contributed by atoms with Gasteiger partial charge in [0.05, 0.1) is 24.6 Å². The quantitative estimate of drug-likeness (QED) is 0.899. The summed E-state index contributed by atoms with van der Waals surface area (Å²) in [7, 11) is 1.26. The summed E-state index contributed by atoms with van der Waals surface area (Å²) in [5, 5.41) is 9.16. The predicted octanol–water partition coefficient (Wildman–Crippen LogP) is 2.67. The highest BCUT2D eigenvalue weighted by molar-refractivity contribution is 5.35. The zero-order valence-corrected chi connectivity index (χ0v) is 10.0. The molecule has 1 atom stereocenters. The second-order valence-electron chi connectivity index (χ2n) is 4.61. The van der Waals surface area contributed by atoms with E-state index in [1.807, 2.05) is 0 Å². The van der Waals surface area contributed by atoms with E-state index in [9.17, 15) is 8.78 Å². The van der Waals surface area contributed by atoms with Gasteiger partial charge in [-0.2, -0.15) is 5.26 Å². The molecule has 1 aromatic rings. The molecule has 0 aliphatic heterocycles. The second-order valence-corrected chi connectivity index (χ2v) is 4.61. The van der Waals surface area contributed by atoms with Crippen molar-refractivity contribution in [2.75, 3.05) is 7.11 Å². The van der Waals surface area contributed by atoms with Gasteiger partial charge < -0.3 is 10.5 Å². The highest BCUT2D eigenvalue weighted by Gasteiger charge is 2.44. The summed E-state index contributed by atoms with van der Waals surface area (Å²) in [6.07, 6.45) is 2.14. The summed E-state index contributed by atoms with van der Waals surface area (Å²) in [5.41, 5.74) is 5.21. The van der Waals surface area contributed by atoms with Crippen molar-refractivity contribution >= 4 is 0 Å². The van der Waals surface area contributed by atoms with Gasteiger partial charge in [0.2, 0.25) is 0 Å². The Morgan fingerprint density at radius 1 is 1.39 bits per heavy atom. The topological polar surface area (TPSA) is 59.0 Å². The van der Waals surface area contributed by atoms with Crippen molar-refractivity contribution < 1.29 is 13.5 Å². The van der Waals surface area contributed by atoms with Crippen LogP contribution in [0.15, 0.2) is 12.1 Å². The van der Waals surface area contributed by atoms with Crippen molar-refractivity contribution in [3.63, 3.8) is 0 Å². The highest BCUT2D eigenvalue weighted by atomic mass is 19.1. The lowest BCUT2D eigenvalue weighted by atomic mass is 9.63. The van der Waals surface area contributed by atoms with Gasteiger partial charge in [-0.25, -0.2) is 8.78 Å². The van der Waals surface area contributed by atoms with Gasteiger partial charge in [0, 0.05) is 11.6 Å². The molecule has 0 aromatic heterocycles. The Labute approximate surface area is 104 Å². The van der Waals surface area contributed by atoms with Gasteiger partial charge in [0.25, 0.3) is 0 Å². The molecule has 2 N–H and O–H groups in total. The van der Waals surface area contributed by atoms with Gasteiger partial charge in [0.15, 0.2) is 11.6 Å². The number of nitrogens with zero attached hydrogens (tertiary/aromatic N) is 1. The fourth-order valence-electron chi connectivity index (χ4n) is 2.29. The van der Waals surface area contributed by atoms with Crippen LogP contribution in [0.4, 0.5) is 8.78 Å². The van der Waals surface area contributed by atoms with E-state index in [-0.39, 0.29) is 11.3 Å². The van der Waals surface area contributed by atoms with E-state index in [1.54, 1.807) is 0 Å². The van der Waals surface area contributed by atoms with Gasteiger partial charge in [-0.1, -0.05) is 6.42 Å². The molecular formula is C13H14F2N2O. The van der Waals surface area contributed by atoms with Crippen LogP contribution in [0.1, 0.15) is 30.9 Å². The minimum atomic E-state index is -0.809. The Morgan fingerprint density at radius 2 is 2.06 bits per heavy atom. The van der Waals surface area contributed by atoms with Gasteiger partial charge in [-0.05, 0) is 18.9 Å². The first-order valence-corrected chi connectivity index (χ1v) is 5.74. The van der Waals surface area contributed by atoms with Gasteiger partial charge >= 0.3 is 0 Å². The summed E-state index contributed by atoms with van der Waals surface area (Å²) in [6, 6.07) is 3.33. The largest absolute Gasteiger partial charge is 0.494 e. The normalized spacial score (nSPS) is 18.6. The number of benzene rings is 1. The Balaban J connectivity index is 2.40. The van der Waals surface area contributed by atoms with E-state index < -0.39 is 23.1 Å². The Hall–Kier alpha value is -1.67. The Kier molecular flexibility index (Phi) is 3.22. The van der Waals surface area contributed by atoms with Gasteiger partial charge in [-0.15, -0.1) is 0 Å². The highest BCUT2D eigenvalue weighted by Crippen LogP contribution is 2.49. The standard InChI is InChI=1S/C13H14F2N2O/c1-18-11-6-9(14)8(5-10(11)15)12(17)13(7-16)3-2-4-13/h5-6,12H,2-4,17H2,1H3. The molecule has 1 saturated carbocycles. The number of methoxy groups -OCH3 is 1. The van der Waals surface area contributed by atoms with E-state index in [0.29, 0.717) is 12.8 Å². The molecule has 1 aliphatic rings. The first-order valence-electron chi connectivity index (χ1n) is 5.74. The molecule has 0 radical (unpaired) electrons. The van der Waals surface area contributed by atoms with Gasteiger partial charge in [-0.3, -0.25) is 0 Å². The van der Waals surface area contributed by atoms with Crippen molar-refractivity contribution in [2.24, 2.45) is 11.1 Å². The molecule has 96 valence electrons. The van der Waals surface area contributed by atoms with E-state index in [4.69, 9.17) is 15.7 Å². The van der Waals surface area contributed by atoms with Crippen LogP contribution in [0, 0.1) is 28.4 Å². The number of hydrogen-bond acceptors (Lipinski definition) is 3. The average molecular weight is 252 g/mol. The third-order valence-electron chi connectivity index (χ3n) is 3.67. The molecule has 0 bridgehead atoms. The lowest BCUT2D eigenvalue weighted by Gasteiger charge is -2.40. The maximum atomic E-state index is 13.9. The van der Waals surface area contributed by atoms with Crippen LogP contribution in [0.3, 0.4) is 0 Å². The molecule has 2 rings (SSSR count). The fourth-order valence-corrected chi connectivity index (χ4v) is 2.29. The van der Waals surface area contributed by atoms with E-state index in [2.05, 4.69) is 6.07 Å². The van der Waals surface area contributed by atoms with Crippen molar-refractivity contribution in [2.45, 2.75) is 25.3 Å². The Bertz CT molecular complexity index is 506. The van der Waals surface area contributed by atoms with E-state index >= 15 is 0 Å². The third kappa shape index (κ3) is 1.83. The zero-order valence-electron chi connectivity index (χ0n) is 10.0. The molecule has 1 fully saturated rings. The summed E-state index contributed by atoms with van der Waals surface area (Å²) in [4.78, 5) is 0. The van der Waals surface area contributed by atoms with Crippen LogP contribution in [0.25, 0.3) is 0 Å². The monoisotopic (exact) mass is 252 g/mol. The lowest BCUT2D eigenvalue weighted by molar-refractivity contribution is 0.166. The SMILES string of the molecule is COc1cc(F)c(C(N)C2(C#N)CCC2)cc1F.